The molecule has 1 aliphatic rings. The first-order valence-electron chi connectivity index (χ1n) is 4.88. The van der Waals surface area contributed by atoms with Gasteiger partial charge in [0.2, 0.25) is 0 Å². The maximum Gasteiger partial charge on any atom is 0.0452 e. The molecule has 1 nitrogen and oxygen atoms in total. The van der Waals surface area contributed by atoms with Gasteiger partial charge in [0.05, 0.1) is 0 Å². The number of hydrogen-bond donors (Lipinski definition) is 1. The van der Waals surface area contributed by atoms with E-state index in [1.54, 1.807) is 0 Å². The fraction of sp³-hybridized carbons (Fsp3) is 0.455. The van der Waals surface area contributed by atoms with E-state index in [2.05, 4.69) is 11.4 Å². The summed E-state index contributed by atoms with van der Waals surface area (Å²) in [4.78, 5) is 1.37. The van der Waals surface area contributed by atoms with Crippen LogP contribution in [0.1, 0.15) is 17.9 Å². The SMILES string of the molecule is CNCCC1CSc2cccc(Cl)c21. The molecule has 0 fully saturated rings. The Morgan fingerprint density at radius 3 is 3.21 bits per heavy atom. The molecule has 2 rings (SSSR count). The van der Waals surface area contributed by atoms with E-state index < -0.39 is 0 Å². The highest BCUT2D eigenvalue weighted by atomic mass is 35.5. The van der Waals surface area contributed by atoms with Crippen LogP contribution in [0.15, 0.2) is 23.1 Å². The maximum absolute atomic E-state index is 6.21. The molecule has 76 valence electrons. The average molecular weight is 228 g/mol. The van der Waals surface area contributed by atoms with E-state index >= 15 is 0 Å². The molecule has 1 atom stereocenters. The van der Waals surface area contributed by atoms with Crippen molar-refractivity contribution in [2.45, 2.75) is 17.2 Å². The number of benzene rings is 1. The molecule has 0 saturated heterocycles. The summed E-state index contributed by atoms with van der Waals surface area (Å²) in [5, 5.41) is 4.13. The van der Waals surface area contributed by atoms with Gasteiger partial charge in [-0.25, -0.2) is 0 Å². The first-order valence-corrected chi connectivity index (χ1v) is 6.25. The summed E-state index contributed by atoms with van der Waals surface area (Å²) in [6.07, 6.45) is 1.18. The Labute approximate surface area is 94.2 Å². The Morgan fingerprint density at radius 1 is 1.57 bits per heavy atom. The van der Waals surface area contributed by atoms with Crippen molar-refractivity contribution in [1.29, 1.82) is 0 Å². The van der Waals surface area contributed by atoms with Crippen molar-refractivity contribution in [3.63, 3.8) is 0 Å². The first kappa shape index (κ1) is 10.3. The zero-order valence-corrected chi connectivity index (χ0v) is 9.79. The second-order valence-electron chi connectivity index (χ2n) is 3.55. The number of thioether (sulfide) groups is 1. The van der Waals surface area contributed by atoms with Gasteiger partial charge in [0.1, 0.15) is 0 Å². The van der Waals surface area contributed by atoms with Gasteiger partial charge >= 0.3 is 0 Å². The monoisotopic (exact) mass is 227 g/mol. The van der Waals surface area contributed by atoms with E-state index in [0.29, 0.717) is 5.92 Å². The van der Waals surface area contributed by atoms with Gasteiger partial charge in [0, 0.05) is 15.7 Å². The van der Waals surface area contributed by atoms with Crippen LogP contribution >= 0.6 is 23.4 Å². The minimum absolute atomic E-state index is 0.635. The minimum Gasteiger partial charge on any atom is -0.320 e. The van der Waals surface area contributed by atoms with Crippen molar-refractivity contribution in [2.75, 3.05) is 19.3 Å². The largest absolute Gasteiger partial charge is 0.320 e. The normalized spacial score (nSPS) is 19.7. The van der Waals surface area contributed by atoms with Crippen molar-refractivity contribution in [1.82, 2.24) is 5.32 Å². The fourth-order valence-electron chi connectivity index (χ4n) is 1.86. The third-order valence-electron chi connectivity index (χ3n) is 2.60. The molecule has 0 spiro atoms. The van der Waals surface area contributed by atoms with Gasteiger partial charge in [-0.15, -0.1) is 11.8 Å². The molecular formula is C11H14ClNS. The van der Waals surface area contributed by atoms with Crippen LogP contribution in [0.25, 0.3) is 0 Å². The highest BCUT2D eigenvalue weighted by Gasteiger charge is 2.24. The van der Waals surface area contributed by atoms with Gasteiger partial charge in [0.25, 0.3) is 0 Å². The summed E-state index contributed by atoms with van der Waals surface area (Å²) in [5.41, 5.74) is 1.37. The second kappa shape index (κ2) is 4.56. The number of halogens is 1. The van der Waals surface area contributed by atoms with E-state index in [1.165, 1.54) is 22.6 Å². The van der Waals surface area contributed by atoms with E-state index in [9.17, 15) is 0 Å². The van der Waals surface area contributed by atoms with Gasteiger partial charge in [-0.1, -0.05) is 17.7 Å². The molecule has 1 aliphatic heterocycles. The predicted molar refractivity (Wildman–Crippen MR) is 63.5 cm³/mol. The molecule has 1 unspecified atom stereocenters. The molecule has 0 aromatic heterocycles. The van der Waals surface area contributed by atoms with Crippen LogP contribution in [0, 0.1) is 0 Å². The van der Waals surface area contributed by atoms with Gasteiger partial charge in [-0.05, 0) is 43.6 Å². The van der Waals surface area contributed by atoms with Crippen molar-refractivity contribution in [3.05, 3.63) is 28.8 Å². The number of nitrogens with one attached hydrogen (secondary N) is 1. The van der Waals surface area contributed by atoms with Crippen LogP contribution in [-0.4, -0.2) is 19.3 Å². The van der Waals surface area contributed by atoms with Crippen LogP contribution < -0.4 is 5.32 Å². The van der Waals surface area contributed by atoms with Crippen molar-refractivity contribution in [2.24, 2.45) is 0 Å². The summed E-state index contributed by atoms with van der Waals surface area (Å²) < 4.78 is 0. The molecule has 1 N–H and O–H groups in total. The van der Waals surface area contributed by atoms with Crippen LogP contribution in [0.3, 0.4) is 0 Å². The van der Waals surface area contributed by atoms with Crippen molar-refractivity contribution >= 4 is 23.4 Å². The quantitative estimate of drug-likeness (QED) is 0.852. The smallest absolute Gasteiger partial charge is 0.0452 e. The third kappa shape index (κ3) is 1.92. The molecule has 0 saturated carbocycles. The lowest BCUT2D eigenvalue weighted by Crippen LogP contribution is -2.12. The molecule has 0 bridgehead atoms. The van der Waals surface area contributed by atoms with Crippen molar-refractivity contribution < 1.29 is 0 Å². The van der Waals surface area contributed by atoms with Crippen LogP contribution in [-0.2, 0) is 0 Å². The summed E-state index contributed by atoms with van der Waals surface area (Å²) in [7, 11) is 2.00. The summed E-state index contributed by atoms with van der Waals surface area (Å²) in [5.74, 6) is 1.82. The van der Waals surface area contributed by atoms with Crippen LogP contribution in [0.4, 0.5) is 0 Å². The van der Waals surface area contributed by atoms with E-state index in [-0.39, 0.29) is 0 Å². The Hall–Kier alpha value is -0.180. The Kier molecular flexibility index (Phi) is 3.37. The Morgan fingerprint density at radius 2 is 2.43 bits per heavy atom. The molecule has 14 heavy (non-hydrogen) atoms. The van der Waals surface area contributed by atoms with Crippen LogP contribution in [0.5, 0.6) is 0 Å². The summed E-state index contributed by atoms with van der Waals surface area (Å²) in [6.45, 7) is 1.07. The molecule has 0 radical (unpaired) electrons. The predicted octanol–water partition coefficient (Wildman–Crippen LogP) is 3.14. The lowest BCUT2D eigenvalue weighted by molar-refractivity contribution is 0.644. The van der Waals surface area contributed by atoms with E-state index in [1.807, 2.05) is 30.9 Å². The van der Waals surface area contributed by atoms with Gasteiger partial charge in [-0.2, -0.15) is 0 Å². The first-order chi connectivity index (χ1) is 6.83. The number of rotatable bonds is 3. The molecule has 3 heteroatoms. The van der Waals surface area contributed by atoms with Crippen molar-refractivity contribution in [3.8, 4) is 0 Å². The minimum atomic E-state index is 0.635. The molecular weight excluding hydrogens is 214 g/mol. The highest BCUT2D eigenvalue weighted by Crippen LogP contribution is 2.44. The molecule has 0 aliphatic carbocycles. The van der Waals surface area contributed by atoms with Gasteiger partial charge < -0.3 is 5.32 Å². The lowest BCUT2D eigenvalue weighted by atomic mass is 9.98. The van der Waals surface area contributed by atoms with E-state index in [0.717, 1.165) is 11.6 Å². The standard InChI is InChI=1S/C11H14ClNS/c1-13-6-5-8-7-14-10-4-2-3-9(12)11(8)10/h2-4,8,13H,5-7H2,1H3. The zero-order chi connectivity index (χ0) is 9.97. The Bertz CT molecular complexity index is 327. The zero-order valence-electron chi connectivity index (χ0n) is 8.22. The van der Waals surface area contributed by atoms with Gasteiger partial charge in [-0.3, -0.25) is 0 Å². The second-order valence-corrected chi connectivity index (χ2v) is 5.02. The molecule has 1 heterocycles. The highest BCUT2D eigenvalue weighted by molar-refractivity contribution is 7.99. The number of fused-ring (bicyclic) bond motifs is 1. The summed E-state index contributed by atoms with van der Waals surface area (Å²) >= 11 is 8.14. The van der Waals surface area contributed by atoms with E-state index in [4.69, 9.17) is 11.6 Å². The van der Waals surface area contributed by atoms with Crippen LogP contribution in [0.2, 0.25) is 5.02 Å². The maximum atomic E-state index is 6.21. The molecule has 1 aromatic rings. The third-order valence-corrected chi connectivity index (χ3v) is 4.17. The molecule has 0 amide bonds. The Balaban J connectivity index is 2.20. The number of hydrogen-bond acceptors (Lipinski definition) is 2. The molecule has 1 aromatic carbocycles. The van der Waals surface area contributed by atoms with Gasteiger partial charge in [0.15, 0.2) is 0 Å². The lowest BCUT2D eigenvalue weighted by Gasteiger charge is -2.11. The average Bonchev–Trinajstić information content (AvgIpc) is 2.59. The topological polar surface area (TPSA) is 12.0 Å². The fourth-order valence-corrected chi connectivity index (χ4v) is 3.57. The summed E-state index contributed by atoms with van der Waals surface area (Å²) in [6, 6.07) is 6.21.